The summed E-state index contributed by atoms with van der Waals surface area (Å²) < 4.78 is 37.7. The summed E-state index contributed by atoms with van der Waals surface area (Å²) in [6.07, 6.45) is 2.40. The van der Waals surface area contributed by atoms with E-state index in [0.29, 0.717) is 17.2 Å². The molecule has 0 aliphatic carbocycles. The van der Waals surface area contributed by atoms with Gasteiger partial charge in [-0.05, 0) is 13.0 Å². The molecule has 0 saturated heterocycles. The Labute approximate surface area is 133 Å². The molecule has 2 aromatic rings. The van der Waals surface area contributed by atoms with Gasteiger partial charge in [0.05, 0.1) is 12.1 Å². The zero-order chi connectivity index (χ0) is 16.3. The quantitative estimate of drug-likeness (QED) is 0.782. The van der Waals surface area contributed by atoms with Crippen LogP contribution in [0.5, 0.6) is 0 Å². The van der Waals surface area contributed by atoms with Gasteiger partial charge in [0.15, 0.2) is 5.00 Å². The molecule has 9 heteroatoms. The van der Waals surface area contributed by atoms with Gasteiger partial charge in [-0.15, -0.1) is 0 Å². The van der Waals surface area contributed by atoms with Crippen LogP contribution >= 0.6 is 11.3 Å². The summed E-state index contributed by atoms with van der Waals surface area (Å²) in [6, 6.07) is 1.19. The van der Waals surface area contributed by atoms with Crippen LogP contribution in [0.15, 0.2) is 18.5 Å². The van der Waals surface area contributed by atoms with Crippen molar-refractivity contribution in [1.82, 2.24) is 9.97 Å². The number of aromatic nitrogens is 2. The Morgan fingerprint density at radius 1 is 1.45 bits per heavy atom. The van der Waals surface area contributed by atoms with Crippen molar-refractivity contribution in [2.45, 2.75) is 6.92 Å². The number of carbonyl (C=O) groups is 1. The molecule has 0 aromatic carbocycles. The molecule has 2 rings (SSSR count). The van der Waals surface area contributed by atoms with Crippen molar-refractivity contribution in [3.05, 3.63) is 30.2 Å². The first-order valence-electron chi connectivity index (χ1n) is 6.23. The highest BCUT2D eigenvalue weighted by molar-refractivity contribution is 7.65. The number of thiazole rings is 1. The third-order valence-corrected chi connectivity index (χ3v) is 4.69. The fraction of sp³-hybridized carbons (Fsp3) is 0.308. The van der Waals surface area contributed by atoms with E-state index in [1.165, 1.54) is 19.3 Å². The lowest BCUT2D eigenvalue weighted by Gasteiger charge is -2.16. The Balaban J connectivity index is 2.30. The van der Waals surface area contributed by atoms with E-state index in [4.69, 9.17) is 0 Å². The van der Waals surface area contributed by atoms with Crippen molar-refractivity contribution in [3.63, 3.8) is 0 Å². The maximum absolute atomic E-state index is 14.0. The second-order valence-electron chi connectivity index (χ2n) is 4.59. The average Bonchev–Trinajstić information content (AvgIpc) is 2.88. The van der Waals surface area contributed by atoms with Gasteiger partial charge in [0.2, 0.25) is 17.6 Å². The Morgan fingerprint density at radius 3 is 2.82 bits per heavy atom. The lowest BCUT2D eigenvalue weighted by Crippen LogP contribution is -2.33. The number of carbonyl (C=O) groups excluding carboxylic acids is 1. The molecule has 22 heavy (non-hydrogen) atoms. The highest BCUT2D eigenvalue weighted by Crippen LogP contribution is 2.33. The molecule has 2 heterocycles. The lowest BCUT2D eigenvalue weighted by molar-refractivity contribution is -0.121. The van der Waals surface area contributed by atoms with E-state index >= 15 is 0 Å². The minimum absolute atomic E-state index is 0.0204. The van der Waals surface area contributed by atoms with Gasteiger partial charge in [-0.25, -0.2) is 9.37 Å². The van der Waals surface area contributed by atoms with Gasteiger partial charge in [0, 0.05) is 23.0 Å². The summed E-state index contributed by atoms with van der Waals surface area (Å²) in [5.74, 6) is -2.19. The van der Waals surface area contributed by atoms with Crippen LogP contribution in [0.3, 0.4) is 0 Å². The van der Waals surface area contributed by atoms with Gasteiger partial charge < -0.3 is 4.90 Å². The van der Waals surface area contributed by atoms with Crippen LogP contribution < -0.4 is 4.90 Å². The number of rotatable bonds is 5. The third-order valence-electron chi connectivity index (χ3n) is 2.90. The van der Waals surface area contributed by atoms with Crippen LogP contribution in [0.25, 0.3) is 10.6 Å². The largest absolute Gasteiger partial charge is 0.459 e. The summed E-state index contributed by atoms with van der Waals surface area (Å²) >= 11 is 1.23. The lowest BCUT2D eigenvalue weighted by atomic mass is 10.2. The number of anilines is 1. The van der Waals surface area contributed by atoms with Gasteiger partial charge in [-0.3, -0.25) is 9.78 Å². The van der Waals surface area contributed by atoms with E-state index in [1.807, 2.05) is 0 Å². The van der Waals surface area contributed by atoms with Crippen LogP contribution in [-0.2, 0) is 20.7 Å². The van der Waals surface area contributed by atoms with E-state index in [1.54, 1.807) is 6.92 Å². The average molecular weight is 344 g/mol. The summed E-state index contributed by atoms with van der Waals surface area (Å²) in [5, 5.41) is 0.247. The molecule has 1 amide bonds. The van der Waals surface area contributed by atoms with Crippen molar-refractivity contribution < 1.29 is 17.8 Å². The summed E-state index contributed by atoms with van der Waals surface area (Å²) in [6.45, 7) is 1.60. The first kappa shape index (κ1) is 16.5. The highest BCUT2D eigenvalue weighted by atomic mass is 32.1. The molecule has 0 bridgehead atoms. The van der Waals surface area contributed by atoms with Crippen molar-refractivity contribution in [2.75, 3.05) is 17.7 Å². The summed E-state index contributed by atoms with van der Waals surface area (Å²) in [7, 11) is 1.42. The van der Waals surface area contributed by atoms with Gasteiger partial charge in [-0.1, -0.05) is 11.3 Å². The molecule has 0 fully saturated rings. The zero-order valence-electron chi connectivity index (χ0n) is 11.7. The van der Waals surface area contributed by atoms with Gasteiger partial charge >= 0.3 is 11.7 Å². The van der Waals surface area contributed by atoms with Crippen LogP contribution in [0.1, 0.15) is 6.92 Å². The zero-order valence-corrected chi connectivity index (χ0v) is 13.4. The number of halogens is 2. The molecule has 2 aromatic heterocycles. The topological polar surface area (TPSA) is 63.2 Å². The fourth-order valence-electron chi connectivity index (χ4n) is 1.76. The van der Waals surface area contributed by atoms with E-state index in [0.717, 1.165) is 22.4 Å². The Morgan fingerprint density at radius 2 is 2.18 bits per heavy atom. The highest BCUT2D eigenvalue weighted by Gasteiger charge is 2.27. The van der Waals surface area contributed by atoms with E-state index < -0.39 is 17.7 Å². The smallest absolute Gasteiger partial charge is 0.303 e. The standard InChI is InChI=1S/C13H12F2N3O2S2/c1-7(6-21-20)12(19)18(2)13-10(15)17-11(22-13)8-3-9(14)5-16-4-8/h3-5,7H,6H2,1-2H3/q+1. The maximum atomic E-state index is 14.0. The summed E-state index contributed by atoms with van der Waals surface area (Å²) in [5.41, 5.74) is 0.333. The van der Waals surface area contributed by atoms with Crippen LogP contribution in [0.2, 0.25) is 0 Å². The molecule has 1 atom stereocenters. The predicted molar refractivity (Wildman–Crippen MR) is 80.8 cm³/mol. The van der Waals surface area contributed by atoms with Crippen molar-refractivity contribution in [2.24, 2.45) is 5.92 Å². The predicted octanol–water partition coefficient (Wildman–Crippen LogP) is 2.51. The van der Waals surface area contributed by atoms with Crippen LogP contribution in [0.4, 0.5) is 13.8 Å². The molecule has 1 unspecified atom stereocenters. The normalized spacial score (nSPS) is 12.0. The molecule has 5 nitrogen and oxygen atoms in total. The number of hydrogen-bond acceptors (Lipinski definition) is 5. The minimum Gasteiger partial charge on any atom is -0.303 e. The van der Waals surface area contributed by atoms with Crippen LogP contribution in [-0.4, -0.2) is 28.7 Å². The molecule has 0 aliphatic heterocycles. The number of pyridine rings is 1. The molecule has 0 radical (unpaired) electrons. The summed E-state index contributed by atoms with van der Waals surface area (Å²) in [4.78, 5) is 20.6. The SMILES string of the molecule is CC(C[S+]=O)C(=O)N(C)c1sc(-c2cncc(F)c2)nc1F. The molecule has 0 spiro atoms. The number of hydrogen-bond donors (Lipinski definition) is 0. The molecular formula is C13H12F2N3O2S2+. The second-order valence-corrected chi connectivity index (χ2v) is 6.14. The van der Waals surface area contributed by atoms with Gasteiger partial charge in [0.1, 0.15) is 10.8 Å². The molecule has 0 N–H and O–H groups in total. The van der Waals surface area contributed by atoms with E-state index in [9.17, 15) is 17.8 Å². The van der Waals surface area contributed by atoms with Crippen molar-refractivity contribution >= 4 is 33.9 Å². The Kier molecular flexibility index (Phi) is 5.19. The van der Waals surface area contributed by atoms with Gasteiger partial charge in [0.25, 0.3) is 0 Å². The molecule has 0 saturated carbocycles. The van der Waals surface area contributed by atoms with E-state index in [-0.39, 0.29) is 21.7 Å². The second kappa shape index (κ2) is 6.93. The Hall–Kier alpha value is -1.87. The monoisotopic (exact) mass is 344 g/mol. The molecular weight excluding hydrogens is 332 g/mol. The maximum Gasteiger partial charge on any atom is 0.459 e. The molecule has 116 valence electrons. The number of nitrogens with zero attached hydrogens (tertiary/aromatic N) is 3. The first-order chi connectivity index (χ1) is 10.4. The van der Waals surface area contributed by atoms with Crippen molar-refractivity contribution in [1.29, 1.82) is 0 Å². The minimum atomic E-state index is -0.818. The first-order valence-corrected chi connectivity index (χ1v) is 7.96. The fourth-order valence-corrected chi connectivity index (χ4v) is 3.00. The van der Waals surface area contributed by atoms with Crippen LogP contribution in [0, 0.1) is 17.7 Å². The number of amides is 1. The third kappa shape index (κ3) is 3.47. The van der Waals surface area contributed by atoms with Crippen molar-refractivity contribution in [3.8, 4) is 10.6 Å². The van der Waals surface area contributed by atoms with E-state index in [2.05, 4.69) is 9.97 Å². The molecule has 0 aliphatic rings. The van der Waals surface area contributed by atoms with Gasteiger partial charge in [-0.2, -0.15) is 4.39 Å². The Bertz CT molecular complexity index is 708.